The third kappa shape index (κ3) is 2.59. The van der Waals surface area contributed by atoms with Crippen LogP contribution < -0.4 is 10.1 Å². The molecule has 0 spiro atoms. The first kappa shape index (κ1) is 10.8. The summed E-state index contributed by atoms with van der Waals surface area (Å²) in [6.07, 6.45) is 0. The van der Waals surface area contributed by atoms with Crippen LogP contribution in [-0.4, -0.2) is 14.2 Å². The third-order valence-electron chi connectivity index (χ3n) is 1.69. The molecule has 0 fully saturated rings. The van der Waals surface area contributed by atoms with Crippen LogP contribution in [-0.2, 0) is 6.54 Å². The summed E-state index contributed by atoms with van der Waals surface area (Å²) in [4.78, 5) is 0. The summed E-state index contributed by atoms with van der Waals surface area (Å²) in [5, 5.41) is 3.69. The van der Waals surface area contributed by atoms with Gasteiger partial charge in [-0.3, -0.25) is 0 Å². The molecule has 0 aliphatic rings. The van der Waals surface area contributed by atoms with Crippen molar-refractivity contribution >= 4 is 27.5 Å². The summed E-state index contributed by atoms with van der Waals surface area (Å²) < 4.78 is 6.10. The fourth-order valence-corrected chi connectivity index (χ4v) is 1.91. The minimum atomic E-state index is 0.620. The topological polar surface area (TPSA) is 21.3 Å². The fourth-order valence-electron chi connectivity index (χ4n) is 1.05. The molecule has 0 unspecified atom stereocenters. The van der Waals surface area contributed by atoms with Crippen LogP contribution in [0.25, 0.3) is 0 Å². The molecule has 0 aliphatic carbocycles. The van der Waals surface area contributed by atoms with Crippen LogP contribution in [0.15, 0.2) is 16.6 Å². The lowest BCUT2D eigenvalue weighted by Crippen LogP contribution is -2.05. The Hall–Kier alpha value is -0.250. The number of nitrogens with one attached hydrogen (secondary N) is 1. The predicted molar refractivity (Wildman–Crippen MR) is 58.5 cm³/mol. The minimum Gasteiger partial charge on any atom is -0.495 e. The van der Waals surface area contributed by atoms with Gasteiger partial charge in [0.25, 0.3) is 0 Å². The Kier molecular flexibility index (Phi) is 4.03. The lowest BCUT2D eigenvalue weighted by atomic mass is 10.2. The van der Waals surface area contributed by atoms with E-state index in [2.05, 4.69) is 21.2 Å². The van der Waals surface area contributed by atoms with Crippen LogP contribution in [0.4, 0.5) is 0 Å². The van der Waals surface area contributed by atoms with Crippen molar-refractivity contribution in [3.8, 4) is 5.75 Å². The maximum Gasteiger partial charge on any atom is 0.137 e. The van der Waals surface area contributed by atoms with E-state index in [4.69, 9.17) is 16.3 Å². The molecule has 0 amide bonds. The third-order valence-corrected chi connectivity index (χ3v) is 2.72. The van der Waals surface area contributed by atoms with E-state index >= 15 is 0 Å². The van der Waals surface area contributed by atoms with E-state index in [0.29, 0.717) is 10.8 Å². The maximum atomic E-state index is 5.93. The number of methoxy groups -OCH3 is 1. The van der Waals surface area contributed by atoms with Crippen LogP contribution in [0.2, 0.25) is 5.02 Å². The molecule has 0 atom stereocenters. The van der Waals surface area contributed by atoms with Gasteiger partial charge in [-0.25, -0.2) is 0 Å². The van der Waals surface area contributed by atoms with Gasteiger partial charge in [-0.1, -0.05) is 27.5 Å². The highest BCUT2D eigenvalue weighted by Crippen LogP contribution is 2.30. The standard InChI is InChI=1S/C9H11BrClNO/c1-12-5-6-3-9(13-2)8(11)4-7(6)10/h3-4,12H,5H2,1-2H3. The minimum absolute atomic E-state index is 0.620. The van der Waals surface area contributed by atoms with E-state index < -0.39 is 0 Å². The average molecular weight is 265 g/mol. The Bertz CT molecular complexity index is 304. The molecule has 1 N–H and O–H groups in total. The van der Waals surface area contributed by atoms with Crippen molar-refractivity contribution < 1.29 is 4.74 Å². The summed E-state index contributed by atoms with van der Waals surface area (Å²) >= 11 is 9.36. The van der Waals surface area contributed by atoms with Crippen LogP contribution in [0, 0.1) is 0 Å². The van der Waals surface area contributed by atoms with Crippen LogP contribution in [0.5, 0.6) is 5.75 Å². The molecule has 0 saturated heterocycles. The molecule has 4 heteroatoms. The summed E-state index contributed by atoms with van der Waals surface area (Å²) in [5.74, 6) is 0.704. The monoisotopic (exact) mass is 263 g/mol. The molecular weight excluding hydrogens is 253 g/mol. The van der Waals surface area contributed by atoms with Gasteiger partial charge in [-0.2, -0.15) is 0 Å². The summed E-state index contributed by atoms with van der Waals surface area (Å²) in [5.41, 5.74) is 1.13. The maximum absolute atomic E-state index is 5.93. The Morgan fingerprint density at radius 2 is 2.23 bits per heavy atom. The summed E-state index contributed by atoms with van der Waals surface area (Å²) in [6, 6.07) is 3.76. The normalized spacial score (nSPS) is 10.2. The molecule has 0 bridgehead atoms. The number of hydrogen-bond donors (Lipinski definition) is 1. The van der Waals surface area contributed by atoms with Crippen molar-refractivity contribution in [2.45, 2.75) is 6.54 Å². The highest BCUT2D eigenvalue weighted by Gasteiger charge is 2.06. The van der Waals surface area contributed by atoms with Crippen molar-refractivity contribution in [2.75, 3.05) is 14.2 Å². The van der Waals surface area contributed by atoms with Gasteiger partial charge < -0.3 is 10.1 Å². The second-order valence-corrected chi connectivity index (χ2v) is 3.87. The molecular formula is C9H11BrClNO. The van der Waals surface area contributed by atoms with Crippen LogP contribution in [0.3, 0.4) is 0 Å². The summed E-state index contributed by atoms with van der Waals surface area (Å²) in [7, 11) is 3.51. The van der Waals surface area contributed by atoms with Crippen molar-refractivity contribution in [1.82, 2.24) is 5.32 Å². The number of halogens is 2. The van der Waals surface area contributed by atoms with Gasteiger partial charge in [-0.05, 0) is 24.7 Å². The number of benzene rings is 1. The zero-order chi connectivity index (χ0) is 9.84. The van der Waals surface area contributed by atoms with Gasteiger partial charge in [0.05, 0.1) is 12.1 Å². The second kappa shape index (κ2) is 4.84. The number of ether oxygens (including phenoxy) is 1. The van der Waals surface area contributed by atoms with Crippen LogP contribution >= 0.6 is 27.5 Å². The Labute approximate surface area is 91.4 Å². The average Bonchev–Trinajstić information content (AvgIpc) is 2.10. The molecule has 0 saturated carbocycles. The smallest absolute Gasteiger partial charge is 0.137 e. The SMILES string of the molecule is CNCc1cc(OC)c(Cl)cc1Br. The Morgan fingerprint density at radius 1 is 1.54 bits per heavy atom. The molecule has 1 aromatic carbocycles. The van der Waals surface area contributed by atoms with E-state index in [1.54, 1.807) is 7.11 Å². The lowest BCUT2D eigenvalue weighted by Gasteiger charge is -2.08. The molecule has 0 radical (unpaired) electrons. The highest BCUT2D eigenvalue weighted by molar-refractivity contribution is 9.10. The first-order valence-corrected chi connectivity index (χ1v) is 5.02. The largest absolute Gasteiger partial charge is 0.495 e. The van der Waals surface area contributed by atoms with E-state index in [9.17, 15) is 0 Å². The molecule has 0 aliphatic heterocycles. The van der Waals surface area contributed by atoms with E-state index in [-0.39, 0.29) is 0 Å². The van der Waals surface area contributed by atoms with Crippen molar-refractivity contribution in [2.24, 2.45) is 0 Å². The molecule has 0 heterocycles. The lowest BCUT2D eigenvalue weighted by molar-refractivity contribution is 0.414. The Balaban J connectivity index is 3.06. The predicted octanol–water partition coefficient (Wildman–Crippen LogP) is 2.83. The molecule has 2 nitrogen and oxygen atoms in total. The van der Waals surface area contributed by atoms with E-state index in [1.165, 1.54) is 0 Å². The van der Waals surface area contributed by atoms with Crippen molar-refractivity contribution in [3.05, 3.63) is 27.2 Å². The van der Waals surface area contributed by atoms with Gasteiger partial charge in [0.1, 0.15) is 5.75 Å². The Morgan fingerprint density at radius 3 is 2.77 bits per heavy atom. The molecule has 1 aromatic rings. The molecule has 0 aromatic heterocycles. The quantitative estimate of drug-likeness (QED) is 0.906. The second-order valence-electron chi connectivity index (χ2n) is 2.61. The summed E-state index contributed by atoms with van der Waals surface area (Å²) in [6.45, 7) is 0.786. The van der Waals surface area contributed by atoms with E-state index in [1.807, 2.05) is 19.2 Å². The molecule has 72 valence electrons. The first-order valence-electron chi connectivity index (χ1n) is 3.85. The fraction of sp³-hybridized carbons (Fsp3) is 0.333. The first-order chi connectivity index (χ1) is 6.19. The molecule has 13 heavy (non-hydrogen) atoms. The highest BCUT2D eigenvalue weighted by atomic mass is 79.9. The van der Waals surface area contributed by atoms with Gasteiger partial charge in [0.2, 0.25) is 0 Å². The van der Waals surface area contributed by atoms with Gasteiger partial charge in [0.15, 0.2) is 0 Å². The molecule has 1 rings (SSSR count). The zero-order valence-corrected chi connectivity index (χ0v) is 9.87. The van der Waals surface area contributed by atoms with E-state index in [0.717, 1.165) is 16.6 Å². The zero-order valence-electron chi connectivity index (χ0n) is 7.53. The van der Waals surface area contributed by atoms with Crippen molar-refractivity contribution in [1.29, 1.82) is 0 Å². The van der Waals surface area contributed by atoms with Crippen LogP contribution in [0.1, 0.15) is 5.56 Å². The van der Waals surface area contributed by atoms with Crippen molar-refractivity contribution in [3.63, 3.8) is 0 Å². The number of rotatable bonds is 3. The van der Waals surface area contributed by atoms with Gasteiger partial charge in [0, 0.05) is 11.0 Å². The number of hydrogen-bond acceptors (Lipinski definition) is 2. The van der Waals surface area contributed by atoms with Gasteiger partial charge in [-0.15, -0.1) is 0 Å². The van der Waals surface area contributed by atoms with Gasteiger partial charge >= 0.3 is 0 Å².